The molecule has 0 radical (unpaired) electrons. The van der Waals surface area contributed by atoms with Gasteiger partial charge in [-0.25, -0.2) is 4.79 Å². The topological polar surface area (TPSA) is 96.1 Å². The molecule has 3 rings (SSSR count). The van der Waals surface area contributed by atoms with E-state index < -0.39 is 12.2 Å². The maximum absolute atomic E-state index is 11.8. The quantitative estimate of drug-likeness (QED) is 0.477. The smallest absolute Gasteiger partial charge is 0.430 e. The number of rotatable bonds is 3. The number of para-hydroxylation sites is 1. The zero-order valence-electron chi connectivity index (χ0n) is 9.88. The van der Waals surface area contributed by atoms with Crippen LogP contribution in [-0.2, 0) is 4.74 Å². The third kappa shape index (κ3) is 1.94. The molecule has 8 heteroatoms. The monoisotopic (exact) mass is 258 g/mol. The van der Waals surface area contributed by atoms with Crippen molar-refractivity contribution in [2.24, 2.45) is 5.11 Å². The molecule has 19 heavy (non-hydrogen) atoms. The van der Waals surface area contributed by atoms with Crippen molar-refractivity contribution in [1.82, 2.24) is 9.89 Å². The van der Waals surface area contributed by atoms with E-state index in [1.807, 2.05) is 24.3 Å². The minimum Gasteiger partial charge on any atom is -0.443 e. The van der Waals surface area contributed by atoms with E-state index in [0.29, 0.717) is 6.54 Å². The first kappa shape index (κ1) is 11.4. The van der Waals surface area contributed by atoms with Gasteiger partial charge in [0, 0.05) is 10.3 Å². The molecular formula is C11H10N6O2. The standard InChI is InChI=1S/C11H10N6O2/c12-15-13-6-9-7-16(11(18)19-9)17-10-4-2-1-3-8(10)5-14-17/h1-5,9H,6-7H2. The van der Waals surface area contributed by atoms with Crippen molar-refractivity contribution in [3.05, 3.63) is 40.9 Å². The molecule has 1 aliphatic rings. The SMILES string of the molecule is [N-]=[N+]=NCC1CN(n2ncc3ccccc32)C(=O)O1. The number of hydrogen-bond acceptors (Lipinski definition) is 4. The fourth-order valence-electron chi connectivity index (χ4n) is 2.04. The normalized spacial score (nSPS) is 18.4. The van der Waals surface area contributed by atoms with Crippen LogP contribution in [-0.4, -0.2) is 35.2 Å². The van der Waals surface area contributed by atoms with Gasteiger partial charge in [0.2, 0.25) is 0 Å². The second kappa shape index (κ2) is 4.51. The van der Waals surface area contributed by atoms with Crippen LogP contribution in [0.4, 0.5) is 4.79 Å². The lowest BCUT2D eigenvalue weighted by Gasteiger charge is -2.13. The van der Waals surface area contributed by atoms with Crippen LogP contribution in [0.5, 0.6) is 0 Å². The molecular weight excluding hydrogens is 248 g/mol. The molecule has 0 spiro atoms. The Morgan fingerprint density at radius 2 is 2.37 bits per heavy atom. The van der Waals surface area contributed by atoms with Gasteiger partial charge in [-0.3, -0.25) is 0 Å². The van der Waals surface area contributed by atoms with Crippen molar-refractivity contribution in [3.8, 4) is 0 Å². The summed E-state index contributed by atoms with van der Waals surface area (Å²) >= 11 is 0. The fourth-order valence-corrected chi connectivity index (χ4v) is 2.04. The van der Waals surface area contributed by atoms with E-state index in [4.69, 9.17) is 10.3 Å². The largest absolute Gasteiger partial charge is 0.443 e. The molecule has 0 aliphatic carbocycles. The van der Waals surface area contributed by atoms with Crippen LogP contribution in [0.1, 0.15) is 0 Å². The van der Waals surface area contributed by atoms with Gasteiger partial charge in [0.15, 0.2) is 0 Å². The summed E-state index contributed by atoms with van der Waals surface area (Å²) in [7, 11) is 0. The molecule has 1 saturated heterocycles. The highest BCUT2D eigenvalue weighted by atomic mass is 16.6. The van der Waals surface area contributed by atoms with E-state index in [9.17, 15) is 4.79 Å². The maximum Gasteiger partial charge on any atom is 0.430 e. The van der Waals surface area contributed by atoms with Gasteiger partial charge >= 0.3 is 6.09 Å². The number of aromatic nitrogens is 2. The number of benzene rings is 1. The summed E-state index contributed by atoms with van der Waals surface area (Å²) in [6, 6.07) is 7.56. The summed E-state index contributed by atoms with van der Waals surface area (Å²) in [5.41, 5.74) is 9.09. The van der Waals surface area contributed by atoms with Crippen LogP contribution >= 0.6 is 0 Å². The van der Waals surface area contributed by atoms with Gasteiger partial charge in [0.05, 0.1) is 24.8 Å². The first-order valence-corrected chi connectivity index (χ1v) is 5.71. The van der Waals surface area contributed by atoms with Gasteiger partial charge in [0.1, 0.15) is 6.10 Å². The number of carbonyl (C=O) groups is 1. The van der Waals surface area contributed by atoms with E-state index in [2.05, 4.69) is 15.1 Å². The van der Waals surface area contributed by atoms with Crippen LogP contribution in [0.3, 0.4) is 0 Å². The second-order valence-electron chi connectivity index (χ2n) is 4.09. The van der Waals surface area contributed by atoms with Gasteiger partial charge in [-0.1, -0.05) is 23.3 Å². The minimum atomic E-state index is -0.494. The van der Waals surface area contributed by atoms with Crippen molar-refractivity contribution < 1.29 is 9.53 Å². The zero-order valence-corrected chi connectivity index (χ0v) is 9.88. The number of nitrogens with zero attached hydrogens (tertiary/aromatic N) is 6. The van der Waals surface area contributed by atoms with E-state index in [0.717, 1.165) is 10.9 Å². The average molecular weight is 258 g/mol. The number of fused-ring (bicyclic) bond motifs is 1. The molecule has 1 aromatic carbocycles. The number of cyclic esters (lactones) is 1. The lowest BCUT2D eigenvalue weighted by Crippen LogP contribution is -2.36. The van der Waals surface area contributed by atoms with E-state index in [1.165, 1.54) is 9.80 Å². The summed E-state index contributed by atoms with van der Waals surface area (Å²) in [4.78, 5) is 16.0. The first-order valence-electron chi connectivity index (χ1n) is 5.71. The molecule has 2 heterocycles. The first-order chi connectivity index (χ1) is 9.29. The van der Waals surface area contributed by atoms with Crippen molar-refractivity contribution in [3.63, 3.8) is 0 Å². The van der Waals surface area contributed by atoms with Crippen molar-refractivity contribution in [1.29, 1.82) is 0 Å². The highest BCUT2D eigenvalue weighted by Crippen LogP contribution is 2.17. The summed E-state index contributed by atoms with van der Waals surface area (Å²) in [5, 5.41) is 9.92. The highest BCUT2D eigenvalue weighted by molar-refractivity contribution is 5.85. The van der Waals surface area contributed by atoms with E-state index >= 15 is 0 Å². The Hall–Kier alpha value is -2.73. The van der Waals surface area contributed by atoms with Gasteiger partial charge in [0.25, 0.3) is 0 Å². The summed E-state index contributed by atoms with van der Waals surface area (Å²) in [6.45, 7) is 0.432. The second-order valence-corrected chi connectivity index (χ2v) is 4.09. The molecule has 2 aromatic rings. The molecule has 1 amide bonds. The molecule has 0 N–H and O–H groups in total. The van der Waals surface area contributed by atoms with Crippen LogP contribution in [0.15, 0.2) is 35.6 Å². The summed E-state index contributed by atoms with van der Waals surface area (Å²) in [6.07, 6.45) is 0.752. The molecule has 1 fully saturated rings. The third-order valence-electron chi connectivity index (χ3n) is 2.89. The minimum absolute atomic E-state index is 0.123. The van der Waals surface area contributed by atoms with Crippen LogP contribution in [0.25, 0.3) is 21.3 Å². The Bertz CT molecular complexity index is 675. The molecule has 96 valence electrons. The molecule has 0 saturated carbocycles. The Morgan fingerprint density at radius 3 is 3.21 bits per heavy atom. The lowest BCUT2D eigenvalue weighted by molar-refractivity contribution is 0.144. The van der Waals surface area contributed by atoms with Crippen LogP contribution in [0.2, 0.25) is 0 Å². The highest BCUT2D eigenvalue weighted by Gasteiger charge is 2.33. The van der Waals surface area contributed by atoms with Gasteiger partial charge in [-0.05, 0) is 11.6 Å². The maximum atomic E-state index is 11.8. The lowest BCUT2D eigenvalue weighted by atomic mass is 10.3. The third-order valence-corrected chi connectivity index (χ3v) is 2.89. The molecule has 1 atom stereocenters. The molecule has 8 nitrogen and oxygen atoms in total. The predicted octanol–water partition coefficient (Wildman–Crippen LogP) is 1.80. The van der Waals surface area contributed by atoms with Crippen molar-refractivity contribution in [2.75, 3.05) is 18.1 Å². The number of carbonyl (C=O) groups excluding carboxylic acids is 1. The Kier molecular flexibility index (Phi) is 2.70. The molecule has 0 bridgehead atoms. The van der Waals surface area contributed by atoms with Crippen molar-refractivity contribution >= 4 is 17.0 Å². The fraction of sp³-hybridized carbons (Fsp3) is 0.273. The van der Waals surface area contributed by atoms with Crippen LogP contribution in [0, 0.1) is 0 Å². The molecule has 1 unspecified atom stereocenters. The zero-order chi connectivity index (χ0) is 13.2. The average Bonchev–Trinajstić information content (AvgIpc) is 2.99. The van der Waals surface area contributed by atoms with E-state index in [1.54, 1.807) is 6.20 Å². The van der Waals surface area contributed by atoms with Gasteiger partial charge in [-0.15, -0.1) is 0 Å². The number of hydrogen-bond donors (Lipinski definition) is 0. The van der Waals surface area contributed by atoms with Crippen molar-refractivity contribution in [2.45, 2.75) is 6.10 Å². The van der Waals surface area contributed by atoms with Gasteiger partial charge < -0.3 is 4.74 Å². The predicted molar refractivity (Wildman–Crippen MR) is 67.1 cm³/mol. The Morgan fingerprint density at radius 1 is 1.53 bits per heavy atom. The van der Waals surface area contributed by atoms with Gasteiger partial charge in [-0.2, -0.15) is 14.9 Å². The molecule has 1 aromatic heterocycles. The summed E-state index contributed by atoms with van der Waals surface area (Å²) in [5.74, 6) is 0. The van der Waals surface area contributed by atoms with Crippen LogP contribution < -0.4 is 5.01 Å². The van der Waals surface area contributed by atoms with E-state index in [-0.39, 0.29) is 6.54 Å². The number of amides is 1. The Balaban J connectivity index is 1.90. The summed E-state index contributed by atoms with van der Waals surface area (Å²) < 4.78 is 5.11. The Labute approximate surface area is 107 Å². The number of azide groups is 1. The molecule has 1 aliphatic heterocycles. The number of ether oxygens (including phenoxy) is 1.